The van der Waals surface area contributed by atoms with Crippen LogP contribution < -0.4 is 10.1 Å². The first-order chi connectivity index (χ1) is 14.6. The second-order valence-corrected chi connectivity index (χ2v) is 7.32. The van der Waals surface area contributed by atoms with Crippen molar-refractivity contribution >= 4 is 22.9 Å². The van der Waals surface area contributed by atoms with Gasteiger partial charge in [-0.05, 0) is 24.3 Å². The number of rotatable bonds is 10. The third-order valence-electron chi connectivity index (χ3n) is 4.30. The van der Waals surface area contributed by atoms with Crippen molar-refractivity contribution in [1.29, 1.82) is 0 Å². The Bertz CT molecular complexity index is 940. The minimum Gasteiger partial charge on any atom is -0.488 e. The van der Waals surface area contributed by atoms with Crippen molar-refractivity contribution in [3.05, 3.63) is 65.2 Å². The smallest absolute Gasteiger partial charge is 0.267 e. The molecule has 0 saturated heterocycles. The lowest BCUT2D eigenvalue weighted by atomic mass is 10.2. The zero-order valence-corrected chi connectivity index (χ0v) is 17.6. The molecular weight excluding hydrogens is 404 g/mol. The Kier molecular flexibility index (Phi) is 7.92. The molecule has 0 unspecified atom stereocenters. The molecule has 3 aromatic rings. The van der Waals surface area contributed by atoms with Gasteiger partial charge in [0.2, 0.25) is 0 Å². The van der Waals surface area contributed by atoms with Crippen molar-refractivity contribution in [2.24, 2.45) is 0 Å². The third kappa shape index (κ3) is 5.64. The van der Waals surface area contributed by atoms with Gasteiger partial charge in [0.15, 0.2) is 6.29 Å². The van der Waals surface area contributed by atoms with Crippen LogP contribution in [0.4, 0.5) is 5.69 Å². The number of hydrogen-bond acceptors (Lipinski definition) is 7. The van der Waals surface area contributed by atoms with Gasteiger partial charge < -0.3 is 24.6 Å². The second-order valence-electron chi connectivity index (χ2n) is 6.32. The summed E-state index contributed by atoms with van der Waals surface area (Å²) in [4.78, 5) is 17.9. The van der Waals surface area contributed by atoms with Gasteiger partial charge in [0, 0.05) is 38.5 Å². The molecule has 2 N–H and O–H groups in total. The van der Waals surface area contributed by atoms with E-state index in [-0.39, 0.29) is 19.1 Å². The molecule has 0 saturated carbocycles. The van der Waals surface area contributed by atoms with E-state index in [0.717, 1.165) is 10.6 Å². The summed E-state index contributed by atoms with van der Waals surface area (Å²) in [7, 11) is 3.09. The highest BCUT2D eigenvalue weighted by Crippen LogP contribution is 2.29. The SMILES string of the molecule is COC(COc1ccc(NC(=O)c2sc(-c3ccccc3)nc2CCO)cc1)OC. The number of carbonyl (C=O) groups is 1. The Hall–Kier alpha value is -2.78. The summed E-state index contributed by atoms with van der Waals surface area (Å²) in [6.45, 7) is 0.181. The summed E-state index contributed by atoms with van der Waals surface area (Å²) in [6.07, 6.45) is -0.126. The molecule has 158 valence electrons. The van der Waals surface area contributed by atoms with Crippen LogP contribution >= 0.6 is 11.3 Å². The number of nitrogens with zero attached hydrogens (tertiary/aromatic N) is 1. The second kappa shape index (κ2) is 10.8. The van der Waals surface area contributed by atoms with E-state index in [1.165, 1.54) is 11.3 Å². The molecule has 1 amide bonds. The zero-order chi connectivity index (χ0) is 21.3. The molecule has 8 heteroatoms. The van der Waals surface area contributed by atoms with Gasteiger partial charge in [-0.1, -0.05) is 30.3 Å². The van der Waals surface area contributed by atoms with Crippen molar-refractivity contribution in [2.75, 3.05) is 32.8 Å². The van der Waals surface area contributed by atoms with Crippen LogP contribution in [0.25, 0.3) is 10.6 Å². The summed E-state index contributed by atoms with van der Waals surface area (Å²) < 4.78 is 15.8. The van der Waals surface area contributed by atoms with Crippen LogP contribution in [0, 0.1) is 0 Å². The first kappa shape index (κ1) is 21.9. The Labute approximate surface area is 179 Å². The molecule has 7 nitrogen and oxygen atoms in total. The van der Waals surface area contributed by atoms with Crippen LogP contribution in [0.1, 0.15) is 15.4 Å². The lowest BCUT2D eigenvalue weighted by molar-refractivity contribution is -0.121. The average molecular weight is 429 g/mol. The minimum absolute atomic E-state index is 0.0752. The summed E-state index contributed by atoms with van der Waals surface area (Å²) in [5, 5.41) is 13.0. The average Bonchev–Trinajstić information content (AvgIpc) is 3.20. The van der Waals surface area contributed by atoms with Crippen molar-refractivity contribution < 1.29 is 24.1 Å². The normalized spacial score (nSPS) is 10.9. The largest absolute Gasteiger partial charge is 0.488 e. The molecule has 0 bridgehead atoms. The Morgan fingerprint density at radius 1 is 1.10 bits per heavy atom. The number of anilines is 1. The molecule has 3 rings (SSSR count). The monoisotopic (exact) mass is 428 g/mol. The Balaban J connectivity index is 1.70. The fourth-order valence-corrected chi connectivity index (χ4v) is 3.74. The summed E-state index contributed by atoms with van der Waals surface area (Å²) in [6, 6.07) is 16.7. The number of carbonyl (C=O) groups excluding carboxylic acids is 1. The number of methoxy groups -OCH3 is 2. The number of benzene rings is 2. The van der Waals surface area contributed by atoms with Crippen LogP contribution in [0.3, 0.4) is 0 Å². The summed E-state index contributed by atoms with van der Waals surface area (Å²) >= 11 is 1.31. The fraction of sp³-hybridized carbons (Fsp3) is 0.273. The number of hydrogen-bond donors (Lipinski definition) is 2. The maximum atomic E-state index is 12.8. The van der Waals surface area contributed by atoms with Crippen LogP contribution in [0.2, 0.25) is 0 Å². The molecule has 0 aliphatic carbocycles. The number of aromatic nitrogens is 1. The number of aliphatic hydroxyl groups excluding tert-OH is 1. The topological polar surface area (TPSA) is 89.9 Å². The van der Waals surface area contributed by atoms with E-state index < -0.39 is 6.29 Å². The van der Waals surface area contributed by atoms with E-state index in [1.807, 2.05) is 30.3 Å². The lowest BCUT2D eigenvalue weighted by Crippen LogP contribution is -2.22. The van der Waals surface area contributed by atoms with Crippen molar-refractivity contribution in [3.63, 3.8) is 0 Å². The maximum absolute atomic E-state index is 12.8. The van der Waals surface area contributed by atoms with Gasteiger partial charge in [-0.2, -0.15) is 0 Å². The van der Waals surface area contributed by atoms with Crippen LogP contribution in [-0.4, -0.2) is 49.7 Å². The van der Waals surface area contributed by atoms with Crippen molar-refractivity contribution in [1.82, 2.24) is 4.98 Å². The zero-order valence-electron chi connectivity index (χ0n) is 16.8. The standard InChI is InChI=1S/C22H24N2O5S/c1-27-19(28-2)14-29-17-10-8-16(9-11-17)23-21(26)20-18(12-13-25)24-22(30-20)15-6-4-3-5-7-15/h3-11,19,25H,12-14H2,1-2H3,(H,23,26). The van der Waals surface area contributed by atoms with Gasteiger partial charge in [0.25, 0.3) is 5.91 Å². The van der Waals surface area contributed by atoms with Crippen molar-refractivity contribution in [3.8, 4) is 16.3 Å². The molecular formula is C22H24N2O5S. The molecule has 0 atom stereocenters. The van der Waals surface area contributed by atoms with Crippen LogP contribution in [0.5, 0.6) is 5.75 Å². The molecule has 0 spiro atoms. The lowest BCUT2D eigenvalue weighted by Gasteiger charge is -2.14. The van der Waals surface area contributed by atoms with E-state index in [0.29, 0.717) is 28.4 Å². The van der Waals surface area contributed by atoms with Gasteiger partial charge in [-0.3, -0.25) is 4.79 Å². The van der Waals surface area contributed by atoms with Crippen LogP contribution in [-0.2, 0) is 15.9 Å². The predicted octanol–water partition coefficient (Wildman–Crippen LogP) is 3.59. The molecule has 0 aliphatic heterocycles. The highest BCUT2D eigenvalue weighted by atomic mass is 32.1. The van der Waals surface area contributed by atoms with E-state index in [9.17, 15) is 9.90 Å². The first-order valence-electron chi connectivity index (χ1n) is 9.40. The van der Waals surface area contributed by atoms with Crippen LogP contribution in [0.15, 0.2) is 54.6 Å². The minimum atomic E-state index is -0.445. The number of aliphatic hydroxyl groups is 1. The molecule has 2 aromatic carbocycles. The predicted molar refractivity (Wildman–Crippen MR) is 116 cm³/mol. The van der Waals surface area contributed by atoms with E-state index in [4.69, 9.17) is 14.2 Å². The van der Waals surface area contributed by atoms with E-state index in [1.54, 1.807) is 38.5 Å². The molecule has 0 fully saturated rings. The van der Waals surface area contributed by atoms with Gasteiger partial charge in [-0.15, -0.1) is 11.3 Å². The van der Waals surface area contributed by atoms with Gasteiger partial charge >= 0.3 is 0 Å². The van der Waals surface area contributed by atoms with E-state index in [2.05, 4.69) is 10.3 Å². The van der Waals surface area contributed by atoms with E-state index >= 15 is 0 Å². The molecule has 0 radical (unpaired) electrons. The van der Waals surface area contributed by atoms with Gasteiger partial charge in [0.05, 0.1) is 5.69 Å². The fourth-order valence-electron chi connectivity index (χ4n) is 2.73. The van der Waals surface area contributed by atoms with Gasteiger partial charge in [0.1, 0.15) is 22.2 Å². The maximum Gasteiger partial charge on any atom is 0.267 e. The summed E-state index contributed by atoms with van der Waals surface area (Å²) in [5.41, 5.74) is 2.16. The molecule has 1 heterocycles. The first-order valence-corrected chi connectivity index (χ1v) is 10.2. The quantitative estimate of drug-likeness (QED) is 0.480. The Morgan fingerprint density at radius 3 is 2.43 bits per heavy atom. The number of nitrogens with one attached hydrogen (secondary N) is 1. The highest BCUT2D eigenvalue weighted by molar-refractivity contribution is 7.17. The molecule has 0 aliphatic rings. The molecule has 1 aromatic heterocycles. The van der Waals surface area contributed by atoms with Crippen molar-refractivity contribution in [2.45, 2.75) is 12.7 Å². The Morgan fingerprint density at radius 2 is 1.80 bits per heavy atom. The number of thiazole rings is 1. The van der Waals surface area contributed by atoms with Gasteiger partial charge in [-0.25, -0.2) is 4.98 Å². The third-order valence-corrected chi connectivity index (χ3v) is 5.44. The number of amides is 1. The molecule has 30 heavy (non-hydrogen) atoms. The summed E-state index contributed by atoms with van der Waals surface area (Å²) in [5.74, 6) is 0.378. The number of ether oxygens (including phenoxy) is 3. The highest BCUT2D eigenvalue weighted by Gasteiger charge is 2.19.